The molecule has 0 spiro atoms. The zero-order valence-corrected chi connectivity index (χ0v) is 10.4. The summed E-state index contributed by atoms with van der Waals surface area (Å²) in [6.45, 7) is 6.57. The Labute approximate surface area is 90.4 Å². The maximum atomic E-state index is 5.42. The Morgan fingerprint density at radius 1 is 1.38 bits per heavy atom. The number of hydrogen-bond donors (Lipinski definition) is 0. The number of ether oxygens (including phenoxy) is 1. The van der Waals surface area contributed by atoms with E-state index in [0.717, 1.165) is 24.5 Å². The van der Waals surface area contributed by atoms with Gasteiger partial charge in [-0.15, -0.1) is 0 Å². The van der Waals surface area contributed by atoms with Gasteiger partial charge in [-0.25, -0.2) is 0 Å². The number of halogens is 1. The molecule has 1 nitrogen and oxygen atoms in total. The van der Waals surface area contributed by atoms with Gasteiger partial charge in [-0.2, -0.15) is 0 Å². The van der Waals surface area contributed by atoms with E-state index >= 15 is 0 Å². The van der Waals surface area contributed by atoms with Crippen LogP contribution < -0.4 is 0 Å². The molecule has 0 N–H and O–H groups in total. The lowest BCUT2D eigenvalue weighted by Crippen LogP contribution is -2.32. The summed E-state index contributed by atoms with van der Waals surface area (Å²) < 4.78 is 5.42. The molecule has 0 bridgehead atoms. The first kappa shape index (κ1) is 11.5. The molecule has 0 aromatic carbocycles. The summed E-state index contributed by atoms with van der Waals surface area (Å²) in [5, 5.41) is 1.15. The predicted octanol–water partition coefficient (Wildman–Crippen LogP) is 3.61. The highest BCUT2D eigenvalue weighted by Gasteiger charge is 2.32. The topological polar surface area (TPSA) is 9.23 Å². The second kappa shape index (κ2) is 5.35. The van der Waals surface area contributed by atoms with Crippen LogP contribution in [0.1, 0.15) is 39.5 Å². The monoisotopic (exact) mass is 248 g/mol. The smallest absolute Gasteiger partial charge is 0.0471 e. The zero-order chi connectivity index (χ0) is 9.73. The van der Waals surface area contributed by atoms with Crippen molar-refractivity contribution in [1.82, 2.24) is 0 Å². The van der Waals surface area contributed by atoms with E-state index in [1.807, 2.05) is 0 Å². The Balaban J connectivity index is 2.47. The van der Waals surface area contributed by atoms with E-state index in [4.69, 9.17) is 4.74 Å². The van der Waals surface area contributed by atoms with Crippen molar-refractivity contribution in [3.8, 4) is 0 Å². The van der Waals surface area contributed by atoms with Crippen molar-refractivity contribution in [2.45, 2.75) is 39.5 Å². The van der Waals surface area contributed by atoms with Gasteiger partial charge >= 0.3 is 0 Å². The van der Waals surface area contributed by atoms with E-state index in [2.05, 4.69) is 29.8 Å². The van der Waals surface area contributed by atoms with Gasteiger partial charge in [0.2, 0.25) is 0 Å². The summed E-state index contributed by atoms with van der Waals surface area (Å²) in [5.74, 6) is 0.857. The second-order valence-corrected chi connectivity index (χ2v) is 5.02. The lowest BCUT2D eigenvalue weighted by Gasteiger charge is -2.37. The summed E-state index contributed by atoms with van der Waals surface area (Å²) in [5.41, 5.74) is 0.535. The van der Waals surface area contributed by atoms with Crippen LogP contribution in [0, 0.1) is 11.3 Å². The molecule has 1 aliphatic heterocycles. The van der Waals surface area contributed by atoms with E-state index in [1.54, 1.807) is 0 Å². The van der Waals surface area contributed by atoms with Gasteiger partial charge < -0.3 is 4.74 Å². The highest BCUT2D eigenvalue weighted by molar-refractivity contribution is 9.09. The van der Waals surface area contributed by atoms with Crippen molar-refractivity contribution in [2.75, 3.05) is 18.5 Å². The first-order valence-corrected chi connectivity index (χ1v) is 6.48. The van der Waals surface area contributed by atoms with Crippen LogP contribution in [0.15, 0.2) is 0 Å². The molecule has 13 heavy (non-hydrogen) atoms. The van der Waals surface area contributed by atoms with Crippen LogP contribution in [0.5, 0.6) is 0 Å². The molecule has 1 unspecified atom stereocenters. The van der Waals surface area contributed by atoms with Crippen LogP contribution in [-0.2, 0) is 4.74 Å². The zero-order valence-electron chi connectivity index (χ0n) is 8.81. The lowest BCUT2D eigenvalue weighted by atomic mass is 9.75. The third kappa shape index (κ3) is 3.25. The molecule has 1 atom stereocenters. The third-order valence-corrected chi connectivity index (χ3v) is 4.50. The molecule has 0 aromatic heterocycles. The van der Waals surface area contributed by atoms with E-state index in [9.17, 15) is 0 Å². The maximum Gasteiger partial charge on any atom is 0.0471 e. The van der Waals surface area contributed by atoms with Crippen LogP contribution in [0.2, 0.25) is 0 Å². The van der Waals surface area contributed by atoms with Gasteiger partial charge in [-0.3, -0.25) is 0 Å². The van der Waals surface area contributed by atoms with Crippen molar-refractivity contribution in [1.29, 1.82) is 0 Å². The third-order valence-electron chi connectivity index (χ3n) is 3.32. The van der Waals surface area contributed by atoms with E-state index in [-0.39, 0.29) is 0 Å². The standard InChI is InChI=1S/C11H21BrO/c1-3-10(2)8-11(9-12)4-6-13-7-5-11/h10H,3-9H2,1-2H3. The summed E-state index contributed by atoms with van der Waals surface area (Å²) in [7, 11) is 0. The molecular weight excluding hydrogens is 228 g/mol. The van der Waals surface area contributed by atoms with Gasteiger partial charge in [0.05, 0.1) is 0 Å². The minimum absolute atomic E-state index is 0.535. The van der Waals surface area contributed by atoms with Gasteiger partial charge in [0.1, 0.15) is 0 Å². The Morgan fingerprint density at radius 2 is 2.00 bits per heavy atom. The number of hydrogen-bond acceptors (Lipinski definition) is 1. The molecule has 0 amide bonds. The molecule has 1 rings (SSSR count). The average Bonchev–Trinajstić information content (AvgIpc) is 2.19. The summed E-state index contributed by atoms with van der Waals surface area (Å²) in [6.07, 6.45) is 5.14. The van der Waals surface area contributed by atoms with Gasteiger partial charge in [-0.05, 0) is 30.6 Å². The first-order chi connectivity index (χ1) is 6.22. The molecule has 0 saturated carbocycles. The fraction of sp³-hybridized carbons (Fsp3) is 1.00. The van der Waals surface area contributed by atoms with Crippen LogP contribution >= 0.6 is 15.9 Å². The van der Waals surface area contributed by atoms with E-state index < -0.39 is 0 Å². The van der Waals surface area contributed by atoms with Gasteiger partial charge in [-0.1, -0.05) is 36.2 Å². The van der Waals surface area contributed by atoms with Crippen molar-refractivity contribution >= 4 is 15.9 Å². The van der Waals surface area contributed by atoms with Gasteiger partial charge in [0.25, 0.3) is 0 Å². The summed E-state index contributed by atoms with van der Waals surface area (Å²) in [6, 6.07) is 0. The molecule has 1 heterocycles. The molecule has 1 aliphatic rings. The minimum Gasteiger partial charge on any atom is -0.381 e. The highest BCUT2D eigenvalue weighted by atomic mass is 79.9. The summed E-state index contributed by atoms with van der Waals surface area (Å²) >= 11 is 3.67. The molecule has 0 aromatic rings. The fourth-order valence-electron chi connectivity index (χ4n) is 2.08. The molecule has 0 radical (unpaired) electrons. The second-order valence-electron chi connectivity index (χ2n) is 4.46. The van der Waals surface area contributed by atoms with Gasteiger partial charge in [0.15, 0.2) is 0 Å². The number of rotatable bonds is 4. The van der Waals surface area contributed by atoms with Crippen molar-refractivity contribution in [2.24, 2.45) is 11.3 Å². The van der Waals surface area contributed by atoms with E-state index in [0.29, 0.717) is 5.41 Å². The van der Waals surface area contributed by atoms with Crippen LogP contribution in [0.4, 0.5) is 0 Å². The van der Waals surface area contributed by atoms with Crippen molar-refractivity contribution in [3.63, 3.8) is 0 Å². The average molecular weight is 249 g/mol. The molecule has 1 fully saturated rings. The Morgan fingerprint density at radius 3 is 2.46 bits per heavy atom. The normalized spacial score (nSPS) is 24.2. The lowest BCUT2D eigenvalue weighted by molar-refractivity contribution is 0.0158. The SMILES string of the molecule is CCC(C)CC1(CBr)CCOCC1. The quantitative estimate of drug-likeness (QED) is 0.691. The molecule has 0 aliphatic carbocycles. The first-order valence-electron chi connectivity index (χ1n) is 5.36. The van der Waals surface area contributed by atoms with E-state index in [1.165, 1.54) is 25.7 Å². The Hall–Kier alpha value is 0.440. The van der Waals surface area contributed by atoms with Crippen molar-refractivity contribution in [3.05, 3.63) is 0 Å². The maximum absolute atomic E-state index is 5.42. The largest absolute Gasteiger partial charge is 0.381 e. The Kier molecular flexibility index (Phi) is 4.74. The number of alkyl halides is 1. The molecule has 78 valence electrons. The van der Waals surface area contributed by atoms with Crippen LogP contribution in [0.25, 0.3) is 0 Å². The minimum atomic E-state index is 0.535. The highest BCUT2D eigenvalue weighted by Crippen LogP contribution is 2.39. The molecular formula is C11H21BrO. The van der Waals surface area contributed by atoms with Crippen molar-refractivity contribution < 1.29 is 4.74 Å². The predicted molar refractivity (Wildman–Crippen MR) is 60.4 cm³/mol. The molecule has 1 saturated heterocycles. The van der Waals surface area contributed by atoms with Gasteiger partial charge in [0, 0.05) is 18.5 Å². The Bertz CT molecular complexity index is 141. The van der Waals surface area contributed by atoms with Crippen LogP contribution in [0.3, 0.4) is 0 Å². The van der Waals surface area contributed by atoms with Crippen LogP contribution in [-0.4, -0.2) is 18.5 Å². The molecule has 2 heteroatoms. The summed E-state index contributed by atoms with van der Waals surface area (Å²) in [4.78, 5) is 0. The fourth-order valence-corrected chi connectivity index (χ4v) is 2.87.